The SMILES string of the molecule is CCOC(=O)C1=S(=O)=C2N=C(C)C=CN2C1. The van der Waals surface area contributed by atoms with Crippen molar-refractivity contribution in [2.75, 3.05) is 13.2 Å². The number of fused-ring (bicyclic) bond motifs is 1. The lowest BCUT2D eigenvalue weighted by molar-refractivity contribution is -0.134. The zero-order chi connectivity index (χ0) is 11.7. The summed E-state index contributed by atoms with van der Waals surface area (Å²) in [5.74, 6) is -0.496. The molecule has 2 aliphatic rings. The van der Waals surface area contributed by atoms with E-state index in [0.717, 1.165) is 5.71 Å². The summed E-state index contributed by atoms with van der Waals surface area (Å²) >= 11 is 0. The molecule has 0 aliphatic carbocycles. The van der Waals surface area contributed by atoms with Gasteiger partial charge < -0.3 is 9.64 Å². The van der Waals surface area contributed by atoms with Crippen molar-refractivity contribution < 1.29 is 13.7 Å². The third kappa shape index (κ3) is 1.76. The molecule has 0 amide bonds. The van der Waals surface area contributed by atoms with Crippen LogP contribution in [-0.4, -0.2) is 43.9 Å². The predicted octanol–water partition coefficient (Wildman–Crippen LogP) is -0.138. The molecule has 0 radical (unpaired) electrons. The van der Waals surface area contributed by atoms with Crippen molar-refractivity contribution >= 4 is 31.6 Å². The molecule has 0 unspecified atom stereocenters. The zero-order valence-electron chi connectivity index (χ0n) is 9.10. The normalized spacial score (nSPS) is 18.8. The monoisotopic (exact) mass is 240 g/mol. The molecule has 0 bridgehead atoms. The summed E-state index contributed by atoms with van der Waals surface area (Å²) < 4.78 is 16.8. The Labute approximate surface area is 95.0 Å². The molecule has 0 aromatic heterocycles. The molecule has 0 fully saturated rings. The number of hydrogen-bond donors (Lipinski definition) is 0. The Morgan fingerprint density at radius 1 is 1.69 bits per heavy atom. The van der Waals surface area contributed by atoms with E-state index in [9.17, 15) is 9.00 Å². The van der Waals surface area contributed by atoms with Crippen molar-refractivity contribution in [2.45, 2.75) is 13.8 Å². The molecule has 0 spiro atoms. The summed E-state index contributed by atoms with van der Waals surface area (Å²) in [6, 6.07) is 0. The van der Waals surface area contributed by atoms with E-state index in [1.165, 1.54) is 0 Å². The van der Waals surface area contributed by atoms with Crippen LogP contribution in [0.1, 0.15) is 13.8 Å². The average Bonchev–Trinajstić information content (AvgIpc) is 2.57. The quantitative estimate of drug-likeness (QED) is 0.498. The van der Waals surface area contributed by atoms with Gasteiger partial charge in [0.2, 0.25) is 5.11 Å². The number of rotatable bonds is 2. The third-order valence-electron chi connectivity index (χ3n) is 2.22. The van der Waals surface area contributed by atoms with E-state index in [1.54, 1.807) is 18.0 Å². The summed E-state index contributed by atoms with van der Waals surface area (Å²) in [6.45, 7) is 4.13. The Kier molecular flexibility index (Phi) is 2.82. The summed E-state index contributed by atoms with van der Waals surface area (Å²) in [5.41, 5.74) is 0.782. The second kappa shape index (κ2) is 4.13. The van der Waals surface area contributed by atoms with Gasteiger partial charge >= 0.3 is 5.97 Å². The zero-order valence-corrected chi connectivity index (χ0v) is 9.91. The molecule has 0 saturated carbocycles. The number of carbonyl (C=O) groups excluding carboxylic acids is 1. The molecular formula is C10H12N2O3S. The first kappa shape index (κ1) is 10.9. The molecule has 0 atom stereocenters. The minimum Gasteiger partial charge on any atom is -0.462 e. The number of aliphatic imine (C=N–C) groups is 1. The van der Waals surface area contributed by atoms with E-state index in [0.29, 0.717) is 11.7 Å². The summed E-state index contributed by atoms with van der Waals surface area (Å²) in [7, 11) is -1.48. The van der Waals surface area contributed by atoms with Crippen molar-refractivity contribution in [2.24, 2.45) is 4.99 Å². The van der Waals surface area contributed by atoms with Crippen LogP contribution in [0.2, 0.25) is 0 Å². The lowest BCUT2D eigenvalue weighted by atomic mass is 10.3. The molecule has 16 heavy (non-hydrogen) atoms. The van der Waals surface area contributed by atoms with E-state index < -0.39 is 15.9 Å². The highest BCUT2D eigenvalue weighted by molar-refractivity contribution is 7.86. The van der Waals surface area contributed by atoms with E-state index in [-0.39, 0.29) is 11.5 Å². The highest BCUT2D eigenvalue weighted by atomic mass is 32.1. The van der Waals surface area contributed by atoms with Gasteiger partial charge in [0, 0.05) is 11.9 Å². The van der Waals surface area contributed by atoms with Crippen LogP contribution >= 0.6 is 0 Å². The highest BCUT2D eigenvalue weighted by Crippen LogP contribution is 2.08. The standard InChI is InChI=1S/C10H12N2O3S/c1-3-15-9(13)8-6-12-5-4-7(2)11-10(12)16(8)14/h4-5H,3,6H2,1-2H3. The molecule has 6 heteroatoms. The molecule has 0 saturated heterocycles. The van der Waals surface area contributed by atoms with Gasteiger partial charge in [0.25, 0.3) is 0 Å². The van der Waals surface area contributed by atoms with E-state index in [1.807, 2.05) is 13.0 Å². The summed E-state index contributed by atoms with van der Waals surface area (Å²) in [4.78, 5) is 17.6. The maximum atomic E-state index is 12.0. The fraction of sp³-hybridized carbons (Fsp3) is 0.400. The van der Waals surface area contributed by atoms with Crippen molar-refractivity contribution in [3.05, 3.63) is 12.3 Å². The largest absolute Gasteiger partial charge is 0.462 e. The maximum Gasteiger partial charge on any atom is 0.348 e. The smallest absolute Gasteiger partial charge is 0.348 e. The second-order valence-electron chi connectivity index (χ2n) is 3.39. The molecule has 0 N–H and O–H groups in total. The van der Waals surface area contributed by atoms with Crippen LogP contribution in [0.25, 0.3) is 0 Å². The van der Waals surface area contributed by atoms with Crippen LogP contribution in [0.3, 0.4) is 0 Å². The van der Waals surface area contributed by atoms with Crippen molar-refractivity contribution in [3.63, 3.8) is 0 Å². The predicted molar refractivity (Wildman–Crippen MR) is 63.7 cm³/mol. The fourth-order valence-electron chi connectivity index (χ4n) is 1.46. The number of allylic oxidation sites excluding steroid dienone is 1. The molecule has 0 aromatic carbocycles. The maximum absolute atomic E-state index is 12.0. The van der Waals surface area contributed by atoms with Crippen molar-refractivity contribution in [1.82, 2.24) is 4.90 Å². The Morgan fingerprint density at radius 2 is 2.44 bits per heavy atom. The minimum absolute atomic E-state index is 0.264. The molecule has 2 rings (SSSR count). The van der Waals surface area contributed by atoms with Crippen molar-refractivity contribution in [1.29, 1.82) is 0 Å². The lowest BCUT2D eigenvalue weighted by Gasteiger charge is -2.16. The Hall–Kier alpha value is -1.56. The van der Waals surface area contributed by atoms with Crippen LogP contribution < -0.4 is 0 Å². The van der Waals surface area contributed by atoms with Gasteiger partial charge in [-0.25, -0.2) is 14.0 Å². The number of ether oxygens (including phenoxy) is 1. The number of nitrogens with zero attached hydrogens (tertiary/aromatic N) is 2. The van der Waals surface area contributed by atoms with Gasteiger partial charge in [-0.05, 0) is 19.9 Å². The summed E-state index contributed by atoms with van der Waals surface area (Å²) in [6.07, 6.45) is 3.59. The molecular weight excluding hydrogens is 228 g/mol. The van der Waals surface area contributed by atoms with Crippen molar-refractivity contribution in [3.8, 4) is 0 Å². The number of hydrogen-bond acceptors (Lipinski definition) is 5. The van der Waals surface area contributed by atoms with Gasteiger partial charge in [-0.15, -0.1) is 0 Å². The van der Waals surface area contributed by atoms with Crippen LogP contribution in [-0.2, 0) is 19.5 Å². The molecule has 2 heterocycles. The average molecular weight is 240 g/mol. The molecule has 0 aromatic rings. The van der Waals surface area contributed by atoms with Crippen LogP contribution in [0, 0.1) is 0 Å². The van der Waals surface area contributed by atoms with E-state index in [2.05, 4.69) is 4.99 Å². The van der Waals surface area contributed by atoms with Gasteiger partial charge in [0.15, 0.2) is 0 Å². The van der Waals surface area contributed by atoms with Gasteiger partial charge in [0.05, 0.1) is 23.1 Å². The van der Waals surface area contributed by atoms with Gasteiger partial charge in [0.1, 0.15) is 4.86 Å². The van der Waals surface area contributed by atoms with Gasteiger partial charge in [-0.1, -0.05) is 0 Å². The second-order valence-corrected chi connectivity index (χ2v) is 4.79. The van der Waals surface area contributed by atoms with Gasteiger partial charge in [-0.3, -0.25) is 0 Å². The third-order valence-corrected chi connectivity index (χ3v) is 3.62. The Bertz CT molecular complexity index is 542. The highest BCUT2D eigenvalue weighted by Gasteiger charge is 2.27. The number of carbonyl (C=O) groups is 1. The molecule has 2 aliphatic heterocycles. The fourth-order valence-corrected chi connectivity index (χ4v) is 2.71. The topological polar surface area (TPSA) is 59.0 Å². The first-order valence-corrected chi connectivity index (χ1v) is 6.10. The minimum atomic E-state index is -1.48. The molecule has 86 valence electrons. The van der Waals surface area contributed by atoms with Crippen LogP contribution in [0.4, 0.5) is 0 Å². The van der Waals surface area contributed by atoms with E-state index >= 15 is 0 Å². The molecule has 5 nitrogen and oxygen atoms in total. The lowest BCUT2D eigenvalue weighted by Crippen LogP contribution is -2.29. The first-order valence-electron chi connectivity index (χ1n) is 4.95. The van der Waals surface area contributed by atoms with Crippen LogP contribution in [0.5, 0.6) is 0 Å². The van der Waals surface area contributed by atoms with Crippen LogP contribution in [0.15, 0.2) is 17.3 Å². The van der Waals surface area contributed by atoms with Gasteiger partial charge in [-0.2, -0.15) is 0 Å². The Balaban J connectivity index is 2.42. The van der Waals surface area contributed by atoms with E-state index in [4.69, 9.17) is 4.74 Å². The summed E-state index contributed by atoms with van der Waals surface area (Å²) in [5, 5.41) is 0.419. The number of esters is 1. The first-order chi connectivity index (χ1) is 7.63. The Morgan fingerprint density at radius 3 is 3.12 bits per heavy atom.